The van der Waals surface area contributed by atoms with Gasteiger partial charge in [0.05, 0.1) is 6.54 Å². The fourth-order valence-electron chi connectivity index (χ4n) is 1.95. The largest absolute Gasteiger partial charge is 0.376 e. The molecule has 0 aliphatic carbocycles. The van der Waals surface area contributed by atoms with E-state index in [2.05, 4.69) is 31.9 Å². The second-order valence-electron chi connectivity index (χ2n) is 6.69. The molecule has 5 nitrogen and oxygen atoms in total. The Bertz CT molecular complexity index is 752. The molecule has 132 valence electrons. The lowest BCUT2D eigenvalue weighted by Crippen LogP contribution is -2.27. The average Bonchev–Trinajstić information content (AvgIpc) is 2.55. The third-order valence-electron chi connectivity index (χ3n) is 3.38. The van der Waals surface area contributed by atoms with Crippen molar-refractivity contribution < 1.29 is 9.59 Å². The van der Waals surface area contributed by atoms with E-state index in [0.29, 0.717) is 5.69 Å². The van der Waals surface area contributed by atoms with Crippen LogP contribution in [0.15, 0.2) is 53.0 Å². The minimum absolute atomic E-state index is 0.0577. The van der Waals surface area contributed by atoms with Crippen LogP contribution in [0.2, 0.25) is 0 Å². The van der Waals surface area contributed by atoms with Crippen molar-refractivity contribution in [1.82, 2.24) is 0 Å². The third kappa shape index (κ3) is 6.23. The summed E-state index contributed by atoms with van der Waals surface area (Å²) >= 11 is 3.35. The van der Waals surface area contributed by atoms with Gasteiger partial charge in [0.25, 0.3) is 0 Å². The lowest BCUT2D eigenvalue weighted by molar-refractivity contribution is -0.123. The molecule has 0 aliphatic rings. The highest BCUT2D eigenvalue weighted by molar-refractivity contribution is 9.10. The number of benzene rings is 2. The molecular weight excluding hydrogens is 382 g/mol. The molecular formula is C19H22BrN3O2. The van der Waals surface area contributed by atoms with E-state index >= 15 is 0 Å². The summed E-state index contributed by atoms with van der Waals surface area (Å²) in [5.41, 5.74) is 1.73. The zero-order chi connectivity index (χ0) is 18.4. The molecule has 0 saturated heterocycles. The molecule has 0 aliphatic heterocycles. The lowest BCUT2D eigenvalue weighted by Gasteiger charge is -2.18. The Kier molecular flexibility index (Phi) is 6.20. The Labute approximate surface area is 156 Å². The van der Waals surface area contributed by atoms with E-state index in [-0.39, 0.29) is 18.4 Å². The Morgan fingerprint density at radius 2 is 1.56 bits per heavy atom. The molecule has 0 saturated carbocycles. The van der Waals surface area contributed by atoms with Gasteiger partial charge in [-0.25, -0.2) is 0 Å². The first-order valence-corrected chi connectivity index (χ1v) is 8.74. The molecule has 6 heteroatoms. The maximum Gasteiger partial charge on any atom is 0.243 e. The van der Waals surface area contributed by atoms with Crippen molar-refractivity contribution in [1.29, 1.82) is 0 Å². The first-order valence-electron chi connectivity index (χ1n) is 7.95. The Morgan fingerprint density at radius 3 is 2.20 bits per heavy atom. The average molecular weight is 404 g/mol. The molecule has 2 amide bonds. The van der Waals surface area contributed by atoms with Crippen molar-refractivity contribution in [2.75, 3.05) is 22.5 Å². The van der Waals surface area contributed by atoms with E-state index < -0.39 is 5.41 Å². The summed E-state index contributed by atoms with van der Waals surface area (Å²) in [6.07, 6.45) is 0. The third-order valence-corrected chi connectivity index (χ3v) is 3.91. The van der Waals surface area contributed by atoms with E-state index in [1.807, 2.05) is 63.2 Å². The summed E-state index contributed by atoms with van der Waals surface area (Å²) in [6, 6.07) is 14.7. The molecule has 25 heavy (non-hydrogen) atoms. The van der Waals surface area contributed by atoms with E-state index in [1.165, 1.54) is 0 Å². The molecule has 2 aromatic rings. The smallest absolute Gasteiger partial charge is 0.243 e. The van der Waals surface area contributed by atoms with Crippen LogP contribution in [0.3, 0.4) is 0 Å². The van der Waals surface area contributed by atoms with Gasteiger partial charge in [-0.15, -0.1) is 0 Å². The molecule has 0 bridgehead atoms. The van der Waals surface area contributed by atoms with Crippen LogP contribution in [0.1, 0.15) is 20.8 Å². The second kappa shape index (κ2) is 8.16. The van der Waals surface area contributed by atoms with Gasteiger partial charge >= 0.3 is 0 Å². The SMILES string of the molecule is CC(C)(C)C(=O)Nc1cccc(NCC(=O)Nc2ccc(Br)cc2)c1. The number of carbonyl (C=O) groups excluding carboxylic acids is 2. The van der Waals surface area contributed by atoms with E-state index in [4.69, 9.17) is 0 Å². The number of nitrogens with one attached hydrogen (secondary N) is 3. The molecule has 0 atom stereocenters. The number of rotatable bonds is 5. The fourth-order valence-corrected chi connectivity index (χ4v) is 2.21. The van der Waals surface area contributed by atoms with Crippen molar-refractivity contribution >= 4 is 44.8 Å². The Balaban J connectivity index is 1.90. The summed E-state index contributed by atoms with van der Waals surface area (Å²) in [6.45, 7) is 5.71. The lowest BCUT2D eigenvalue weighted by atomic mass is 9.95. The van der Waals surface area contributed by atoms with E-state index in [9.17, 15) is 9.59 Å². The van der Waals surface area contributed by atoms with Crippen molar-refractivity contribution in [3.8, 4) is 0 Å². The van der Waals surface area contributed by atoms with Gasteiger partial charge in [0, 0.05) is 26.9 Å². The van der Waals surface area contributed by atoms with Gasteiger partial charge in [-0.3, -0.25) is 9.59 Å². The maximum atomic E-state index is 12.0. The predicted octanol–water partition coefficient (Wildman–Crippen LogP) is 4.48. The van der Waals surface area contributed by atoms with Crippen molar-refractivity contribution in [3.63, 3.8) is 0 Å². The highest BCUT2D eigenvalue weighted by Crippen LogP contribution is 2.20. The highest BCUT2D eigenvalue weighted by atomic mass is 79.9. The molecule has 0 unspecified atom stereocenters. The first kappa shape index (κ1) is 19.0. The summed E-state index contributed by atoms with van der Waals surface area (Å²) in [5, 5.41) is 8.74. The second-order valence-corrected chi connectivity index (χ2v) is 7.61. The van der Waals surface area contributed by atoms with Gasteiger partial charge in [0.1, 0.15) is 0 Å². The van der Waals surface area contributed by atoms with Gasteiger partial charge in [-0.1, -0.05) is 42.8 Å². The molecule has 0 spiro atoms. The monoisotopic (exact) mass is 403 g/mol. The molecule has 3 N–H and O–H groups in total. The normalized spacial score (nSPS) is 10.9. The van der Waals surface area contributed by atoms with Crippen molar-refractivity contribution in [2.45, 2.75) is 20.8 Å². The summed E-state index contributed by atoms with van der Waals surface area (Å²) in [4.78, 5) is 24.0. The summed E-state index contributed by atoms with van der Waals surface area (Å²) in [7, 11) is 0. The molecule has 2 aromatic carbocycles. The fraction of sp³-hybridized carbons (Fsp3) is 0.263. The van der Waals surface area contributed by atoms with Gasteiger partial charge < -0.3 is 16.0 Å². The van der Waals surface area contributed by atoms with Crippen LogP contribution >= 0.6 is 15.9 Å². The summed E-state index contributed by atoms with van der Waals surface area (Å²) in [5.74, 6) is -0.205. The van der Waals surface area contributed by atoms with Crippen LogP contribution in [0.4, 0.5) is 17.1 Å². The Hall–Kier alpha value is -2.34. The number of hydrogen-bond acceptors (Lipinski definition) is 3. The minimum atomic E-state index is -0.464. The van der Waals surface area contributed by atoms with Gasteiger partial charge in [-0.05, 0) is 42.5 Å². The van der Waals surface area contributed by atoms with Crippen LogP contribution in [0.25, 0.3) is 0 Å². The van der Waals surface area contributed by atoms with Crippen molar-refractivity contribution in [3.05, 3.63) is 53.0 Å². The van der Waals surface area contributed by atoms with E-state index in [0.717, 1.165) is 15.8 Å². The molecule has 0 fully saturated rings. The van der Waals surface area contributed by atoms with Crippen LogP contribution < -0.4 is 16.0 Å². The Morgan fingerprint density at radius 1 is 0.920 bits per heavy atom. The number of amides is 2. The quantitative estimate of drug-likeness (QED) is 0.688. The standard InChI is InChI=1S/C19H22BrN3O2/c1-19(2,3)18(25)23-16-6-4-5-15(11-16)21-12-17(24)22-14-9-7-13(20)8-10-14/h4-11,21H,12H2,1-3H3,(H,22,24)(H,23,25). The first-order chi connectivity index (χ1) is 11.7. The van der Waals surface area contributed by atoms with Gasteiger partial charge in [0.15, 0.2) is 0 Å². The molecule has 2 rings (SSSR count). The van der Waals surface area contributed by atoms with Crippen LogP contribution in [0.5, 0.6) is 0 Å². The molecule has 0 aromatic heterocycles. The van der Waals surface area contributed by atoms with Crippen LogP contribution in [0, 0.1) is 5.41 Å². The minimum Gasteiger partial charge on any atom is -0.376 e. The molecule has 0 radical (unpaired) electrons. The zero-order valence-electron chi connectivity index (χ0n) is 14.5. The van der Waals surface area contributed by atoms with Crippen LogP contribution in [-0.4, -0.2) is 18.4 Å². The highest BCUT2D eigenvalue weighted by Gasteiger charge is 2.21. The van der Waals surface area contributed by atoms with Crippen LogP contribution in [-0.2, 0) is 9.59 Å². The topological polar surface area (TPSA) is 70.2 Å². The van der Waals surface area contributed by atoms with Crippen molar-refractivity contribution in [2.24, 2.45) is 5.41 Å². The summed E-state index contributed by atoms with van der Waals surface area (Å²) < 4.78 is 0.956. The number of halogens is 1. The van der Waals surface area contributed by atoms with Gasteiger partial charge in [-0.2, -0.15) is 0 Å². The zero-order valence-corrected chi connectivity index (χ0v) is 16.1. The number of hydrogen-bond donors (Lipinski definition) is 3. The maximum absolute atomic E-state index is 12.0. The molecule has 0 heterocycles. The van der Waals surface area contributed by atoms with E-state index in [1.54, 1.807) is 6.07 Å². The van der Waals surface area contributed by atoms with Gasteiger partial charge in [0.2, 0.25) is 11.8 Å². The number of anilines is 3. The number of carbonyl (C=O) groups is 2. The predicted molar refractivity (Wildman–Crippen MR) is 106 cm³/mol.